The van der Waals surface area contributed by atoms with Crippen molar-refractivity contribution >= 4 is 11.9 Å². The van der Waals surface area contributed by atoms with E-state index < -0.39 is 0 Å². The van der Waals surface area contributed by atoms with E-state index >= 15 is 0 Å². The molecule has 5 heteroatoms. The number of carbonyl (C=O) groups excluding carboxylic acids is 1. The van der Waals surface area contributed by atoms with Crippen LogP contribution in [0, 0.1) is 18.7 Å². The molecule has 0 spiro atoms. The number of nitrogens with zero attached hydrogens (tertiary/aromatic N) is 2. The molecule has 0 saturated carbocycles. The Morgan fingerprint density at radius 3 is 2.81 bits per heavy atom. The van der Waals surface area contributed by atoms with Gasteiger partial charge >= 0.3 is 0 Å². The van der Waals surface area contributed by atoms with Crippen molar-refractivity contribution in [1.29, 1.82) is 0 Å². The average Bonchev–Trinajstić information content (AvgIpc) is 2.46. The summed E-state index contributed by atoms with van der Waals surface area (Å²) in [4.78, 5) is 20.2. The highest BCUT2D eigenvalue weighted by atomic mass is 19.1. The molecule has 0 bridgehead atoms. The number of halogens is 1. The molecule has 1 unspecified atom stereocenters. The molecule has 1 N–H and O–H groups in total. The number of hydrogen-bond acceptors (Lipinski definition) is 3. The van der Waals surface area contributed by atoms with Gasteiger partial charge in [-0.15, -0.1) is 0 Å². The first-order valence-electron chi connectivity index (χ1n) is 6.90. The summed E-state index contributed by atoms with van der Waals surface area (Å²) < 4.78 is 13.5. The molecule has 110 valence electrons. The highest BCUT2D eigenvalue weighted by Crippen LogP contribution is 2.14. The first kappa shape index (κ1) is 15.1. The maximum Gasteiger partial charge on any atom is 0.229 e. The Bertz CT molecular complexity index is 630. The lowest BCUT2D eigenvalue weighted by molar-refractivity contribution is -0.119. The minimum absolute atomic E-state index is 0.156. The van der Waals surface area contributed by atoms with Crippen molar-refractivity contribution < 1.29 is 9.18 Å². The summed E-state index contributed by atoms with van der Waals surface area (Å²) in [7, 11) is 0. The third-order valence-electron chi connectivity index (χ3n) is 3.28. The monoisotopic (exact) mass is 287 g/mol. The molecule has 1 amide bonds. The topological polar surface area (TPSA) is 54.9 Å². The van der Waals surface area contributed by atoms with Gasteiger partial charge in [-0.2, -0.15) is 0 Å². The molecular weight excluding hydrogens is 269 g/mol. The number of aryl methyl sites for hydroxylation is 2. The van der Waals surface area contributed by atoms with Gasteiger partial charge in [-0.1, -0.05) is 25.1 Å². The molecule has 2 rings (SSSR count). The van der Waals surface area contributed by atoms with Gasteiger partial charge in [0.2, 0.25) is 11.9 Å². The summed E-state index contributed by atoms with van der Waals surface area (Å²) in [5.41, 5.74) is 1.42. The Hall–Kier alpha value is -2.30. The smallest absolute Gasteiger partial charge is 0.229 e. The van der Waals surface area contributed by atoms with Crippen LogP contribution in [0.4, 0.5) is 10.3 Å². The van der Waals surface area contributed by atoms with E-state index in [4.69, 9.17) is 0 Å². The molecule has 0 radical (unpaired) electrons. The number of anilines is 1. The molecule has 4 nitrogen and oxygen atoms in total. The van der Waals surface area contributed by atoms with Crippen molar-refractivity contribution in [3.8, 4) is 0 Å². The molecule has 0 aliphatic rings. The molecule has 1 atom stereocenters. The zero-order valence-corrected chi connectivity index (χ0v) is 12.1. The Balaban J connectivity index is 1.90. The predicted octanol–water partition coefficient (Wildman–Crippen LogP) is 3.13. The molecule has 0 aliphatic carbocycles. The number of rotatable bonds is 5. The number of nitrogens with one attached hydrogen (secondary N) is 1. The van der Waals surface area contributed by atoms with E-state index in [1.807, 2.05) is 13.8 Å². The van der Waals surface area contributed by atoms with Gasteiger partial charge in [-0.3, -0.25) is 10.1 Å². The average molecular weight is 287 g/mol. The molecule has 0 fully saturated rings. The predicted molar refractivity (Wildman–Crippen MR) is 79.3 cm³/mol. The number of amides is 1. The lowest BCUT2D eigenvalue weighted by Gasteiger charge is -2.11. The minimum atomic E-state index is -0.242. The normalized spacial score (nSPS) is 12.0. The molecule has 0 saturated heterocycles. The van der Waals surface area contributed by atoms with Crippen LogP contribution in [-0.4, -0.2) is 15.9 Å². The molecular formula is C16H18FN3O. The van der Waals surface area contributed by atoms with Crippen molar-refractivity contribution in [1.82, 2.24) is 9.97 Å². The van der Waals surface area contributed by atoms with Gasteiger partial charge in [0, 0.05) is 17.8 Å². The van der Waals surface area contributed by atoms with Gasteiger partial charge in [0.05, 0.1) is 0 Å². The summed E-state index contributed by atoms with van der Waals surface area (Å²) >= 11 is 0. The van der Waals surface area contributed by atoms with E-state index in [9.17, 15) is 9.18 Å². The summed E-state index contributed by atoms with van der Waals surface area (Å²) in [6.07, 6.45) is 2.69. The van der Waals surface area contributed by atoms with Crippen LogP contribution in [0.2, 0.25) is 0 Å². The highest BCUT2D eigenvalue weighted by molar-refractivity contribution is 5.90. The van der Waals surface area contributed by atoms with Crippen molar-refractivity contribution in [3.63, 3.8) is 0 Å². The van der Waals surface area contributed by atoms with Gasteiger partial charge in [-0.05, 0) is 37.5 Å². The first-order chi connectivity index (χ1) is 10.1. The number of benzene rings is 1. The second-order valence-corrected chi connectivity index (χ2v) is 5.04. The van der Waals surface area contributed by atoms with E-state index in [2.05, 4.69) is 15.3 Å². The molecule has 0 aliphatic heterocycles. The van der Waals surface area contributed by atoms with Crippen LogP contribution in [0.3, 0.4) is 0 Å². The van der Waals surface area contributed by atoms with E-state index in [-0.39, 0.29) is 17.6 Å². The summed E-state index contributed by atoms with van der Waals surface area (Å²) in [5.74, 6) is -0.324. The van der Waals surface area contributed by atoms with Crippen LogP contribution >= 0.6 is 0 Å². The van der Waals surface area contributed by atoms with Crippen LogP contribution in [0.5, 0.6) is 0 Å². The van der Waals surface area contributed by atoms with Gasteiger partial charge in [-0.25, -0.2) is 14.4 Å². The summed E-state index contributed by atoms with van der Waals surface area (Å²) in [5, 5.41) is 2.68. The number of carbonyl (C=O) groups is 1. The fourth-order valence-corrected chi connectivity index (χ4v) is 1.95. The van der Waals surface area contributed by atoms with Crippen LogP contribution in [0.25, 0.3) is 0 Å². The Morgan fingerprint density at radius 2 is 2.10 bits per heavy atom. The first-order valence-corrected chi connectivity index (χ1v) is 6.90. The van der Waals surface area contributed by atoms with Crippen molar-refractivity contribution in [2.45, 2.75) is 26.7 Å². The van der Waals surface area contributed by atoms with Gasteiger partial charge in [0.1, 0.15) is 5.82 Å². The van der Waals surface area contributed by atoms with Crippen LogP contribution in [0.1, 0.15) is 24.6 Å². The molecule has 21 heavy (non-hydrogen) atoms. The summed E-state index contributed by atoms with van der Waals surface area (Å²) in [6, 6.07) is 8.38. The standard InChI is InChI=1S/C16H18FN3O/c1-11(7-8-13-5-3-4-6-14(13)17)15(21)20-16-18-10-9-12(2)19-16/h3-6,9-11H,7-8H2,1-2H3,(H,18,19,20,21). The molecule has 1 heterocycles. The minimum Gasteiger partial charge on any atom is -0.294 e. The van der Waals surface area contributed by atoms with Crippen LogP contribution in [-0.2, 0) is 11.2 Å². The third kappa shape index (κ3) is 4.34. The molecule has 1 aromatic carbocycles. The van der Waals surface area contributed by atoms with Crippen LogP contribution < -0.4 is 5.32 Å². The summed E-state index contributed by atoms with van der Waals surface area (Å²) in [6.45, 7) is 3.64. The Kier molecular flexibility index (Phi) is 4.98. The van der Waals surface area contributed by atoms with Crippen molar-refractivity contribution in [3.05, 3.63) is 53.6 Å². The molecule has 2 aromatic rings. The lowest BCUT2D eigenvalue weighted by Crippen LogP contribution is -2.22. The van der Waals surface area contributed by atoms with Gasteiger partial charge in [0.15, 0.2) is 0 Å². The van der Waals surface area contributed by atoms with Crippen molar-refractivity contribution in [2.75, 3.05) is 5.32 Å². The highest BCUT2D eigenvalue weighted by Gasteiger charge is 2.15. The van der Waals surface area contributed by atoms with E-state index in [1.165, 1.54) is 6.07 Å². The maximum atomic E-state index is 13.5. The number of hydrogen-bond donors (Lipinski definition) is 1. The fourth-order valence-electron chi connectivity index (χ4n) is 1.95. The second-order valence-electron chi connectivity index (χ2n) is 5.04. The Morgan fingerprint density at radius 1 is 1.33 bits per heavy atom. The van der Waals surface area contributed by atoms with E-state index in [1.54, 1.807) is 30.5 Å². The third-order valence-corrected chi connectivity index (χ3v) is 3.28. The Labute approximate surface area is 123 Å². The SMILES string of the molecule is Cc1ccnc(NC(=O)C(C)CCc2ccccc2F)n1. The zero-order valence-electron chi connectivity index (χ0n) is 12.1. The second kappa shape index (κ2) is 6.92. The van der Waals surface area contributed by atoms with Crippen molar-refractivity contribution in [2.24, 2.45) is 5.92 Å². The van der Waals surface area contributed by atoms with Crippen LogP contribution in [0.15, 0.2) is 36.5 Å². The van der Waals surface area contributed by atoms with E-state index in [0.29, 0.717) is 24.4 Å². The van der Waals surface area contributed by atoms with Gasteiger partial charge in [0.25, 0.3) is 0 Å². The number of aromatic nitrogens is 2. The largest absolute Gasteiger partial charge is 0.294 e. The van der Waals surface area contributed by atoms with Gasteiger partial charge < -0.3 is 0 Å². The lowest BCUT2D eigenvalue weighted by atomic mass is 10.00. The van der Waals surface area contributed by atoms with E-state index in [0.717, 1.165) is 5.69 Å². The zero-order chi connectivity index (χ0) is 15.2. The maximum absolute atomic E-state index is 13.5. The molecule has 1 aromatic heterocycles. The quantitative estimate of drug-likeness (QED) is 0.919. The fraction of sp³-hybridized carbons (Fsp3) is 0.312.